The maximum atomic E-state index is 13.0. The zero-order valence-electron chi connectivity index (χ0n) is 18.2. The topological polar surface area (TPSA) is 179 Å². The van der Waals surface area contributed by atoms with Crippen LogP contribution in [0.5, 0.6) is 5.88 Å². The molecule has 0 bridgehead atoms. The maximum Gasteiger partial charge on any atom is 0.294 e. The van der Waals surface area contributed by atoms with E-state index in [9.17, 15) is 26.7 Å². The molecule has 35 heavy (non-hydrogen) atoms. The minimum absolute atomic E-state index is 0.156. The fraction of sp³-hybridized carbons (Fsp3) is 0.0952. The van der Waals surface area contributed by atoms with Crippen molar-refractivity contribution < 1.29 is 35.8 Å². The van der Waals surface area contributed by atoms with Crippen molar-refractivity contribution in [2.75, 3.05) is 5.01 Å². The summed E-state index contributed by atoms with van der Waals surface area (Å²) >= 11 is 0. The Labute approximate surface area is 199 Å². The van der Waals surface area contributed by atoms with Crippen LogP contribution in [-0.4, -0.2) is 52.4 Å². The molecule has 1 aliphatic rings. The molecule has 0 saturated heterocycles. The number of hydrogen-bond donors (Lipinski definition) is 3. The normalized spacial score (nSPS) is 15.7. The van der Waals surface area contributed by atoms with Crippen LogP contribution in [0.2, 0.25) is 0 Å². The predicted octanol–water partition coefficient (Wildman–Crippen LogP) is 2.19. The Kier molecular flexibility index (Phi) is 5.84. The van der Waals surface area contributed by atoms with Crippen molar-refractivity contribution >= 4 is 43.6 Å². The first kappa shape index (κ1) is 24.3. The van der Waals surface area contributed by atoms with E-state index < -0.39 is 26.1 Å². The van der Waals surface area contributed by atoms with E-state index in [0.717, 1.165) is 34.0 Å². The second kappa shape index (κ2) is 8.42. The number of hydrazone groups is 1. The fourth-order valence-electron chi connectivity index (χ4n) is 3.40. The van der Waals surface area contributed by atoms with Gasteiger partial charge in [0.25, 0.3) is 26.1 Å². The third kappa shape index (κ3) is 4.59. The molecule has 2 heterocycles. The van der Waals surface area contributed by atoms with E-state index in [4.69, 9.17) is 9.11 Å². The quantitative estimate of drug-likeness (QED) is 0.337. The highest BCUT2D eigenvalue weighted by atomic mass is 32.2. The van der Waals surface area contributed by atoms with E-state index in [2.05, 4.69) is 10.2 Å². The zero-order chi connectivity index (χ0) is 25.7. The zero-order valence-corrected chi connectivity index (χ0v) is 19.8. The smallest absolute Gasteiger partial charge is 0.294 e. The SMILES string of the molecule is CC1=NN(c2ccc(S(=O)(=O)O)cc2)C(=O)/C1=C\c1c(C)nn(-c2ccc(S(=O)(=O)O)cc2)c1O. The van der Waals surface area contributed by atoms with Gasteiger partial charge in [0.05, 0.1) is 43.7 Å². The van der Waals surface area contributed by atoms with Crippen molar-refractivity contribution in [1.29, 1.82) is 0 Å². The molecular formula is C21H18N4O8S2. The number of aromatic nitrogens is 2. The monoisotopic (exact) mass is 518 g/mol. The van der Waals surface area contributed by atoms with Crippen LogP contribution in [0.25, 0.3) is 11.8 Å². The molecule has 0 aliphatic carbocycles. The van der Waals surface area contributed by atoms with Crippen LogP contribution in [0.15, 0.2) is 69.0 Å². The fourth-order valence-corrected chi connectivity index (χ4v) is 4.36. The van der Waals surface area contributed by atoms with Gasteiger partial charge in [0.1, 0.15) is 0 Å². The van der Waals surface area contributed by atoms with Gasteiger partial charge in [-0.25, -0.2) is 4.68 Å². The number of aryl methyl sites for hydroxylation is 1. The second-order valence-electron chi connectivity index (χ2n) is 7.53. The summed E-state index contributed by atoms with van der Waals surface area (Å²) < 4.78 is 64.3. The van der Waals surface area contributed by atoms with E-state index in [-0.39, 0.29) is 32.5 Å². The van der Waals surface area contributed by atoms with Crippen molar-refractivity contribution in [2.24, 2.45) is 5.10 Å². The van der Waals surface area contributed by atoms with Gasteiger partial charge in [-0.05, 0) is 68.5 Å². The van der Waals surface area contributed by atoms with Crippen molar-refractivity contribution in [3.8, 4) is 11.6 Å². The second-order valence-corrected chi connectivity index (χ2v) is 10.4. The average molecular weight is 519 g/mol. The highest BCUT2D eigenvalue weighted by molar-refractivity contribution is 7.86. The molecule has 1 aromatic heterocycles. The standard InChI is InChI=1S/C21H18N4O8S2/c1-12-18(20(26)24(22-12)14-3-7-16(8-4-14)34(28,29)30)11-19-13(2)23-25(21(19)27)15-5-9-17(10-6-15)35(31,32)33/h3-11,26H,1-2H3,(H,28,29,30)(H,31,32,33)/b19-11-. The Balaban J connectivity index is 1.67. The number of nitrogens with zero attached hydrogens (tertiary/aromatic N) is 4. The van der Waals surface area contributed by atoms with Gasteiger partial charge in [0, 0.05) is 0 Å². The van der Waals surface area contributed by atoms with E-state index in [1.807, 2.05) is 0 Å². The summed E-state index contributed by atoms with van der Waals surface area (Å²) in [7, 11) is -8.77. The minimum atomic E-state index is -4.39. The third-order valence-corrected chi connectivity index (χ3v) is 6.93. The molecule has 0 saturated carbocycles. The highest BCUT2D eigenvalue weighted by Gasteiger charge is 2.30. The van der Waals surface area contributed by atoms with Crippen LogP contribution in [0.1, 0.15) is 18.2 Å². The molecule has 3 N–H and O–H groups in total. The van der Waals surface area contributed by atoms with Crippen LogP contribution in [0.3, 0.4) is 0 Å². The van der Waals surface area contributed by atoms with E-state index in [0.29, 0.717) is 17.1 Å². The highest BCUT2D eigenvalue weighted by Crippen LogP contribution is 2.31. The molecule has 0 atom stereocenters. The van der Waals surface area contributed by atoms with Crippen LogP contribution >= 0.6 is 0 Å². The lowest BCUT2D eigenvalue weighted by molar-refractivity contribution is -0.114. The van der Waals surface area contributed by atoms with Gasteiger partial charge in [0.15, 0.2) is 0 Å². The molecule has 3 aromatic rings. The van der Waals surface area contributed by atoms with E-state index in [1.54, 1.807) is 13.8 Å². The van der Waals surface area contributed by atoms with Crippen molar-refractivity contribution in [3.05, 3.63) is 65.4 Å². The lowest BCUT2D eigenvalue weighted by Crippen LogP contribution is -2.21. The Morgan fingerprint density at radius 2 is 1.31 bits per heavy atom. The number of amides is 1. The van der Waals surface area contributed by atoms with Crippen LogP contribution < -0.4 is 5.01 Å². The van der Waals surface area contributed by atoms with E-state index >= 15 is 0 Å². The molecular weight excluding hydrogens is 500 g/mol. The Morgan fingerprint density at radius 1 is 0.829 bits per heavy atom. The predicted molar refractivity (Wildman–Crippen MR) is 125 cm³/mol. The molecule has 0 fully saturated rings. The molecule has 0 radical (unpaired) electrons. The Bertz CT molecular complexity index is 1620. The van der Waals surface area contributed by atoms with Gasteiger partial charge < -0.3 is 5.11 Å². The van der Waals surface area contributed by atoms with Gasteiger partial charge in [0.2, 0.25) is 5.88 Å². The summed E-state index contributed by atoms with van der Waals surface area (Å²) in [6.45, 7) is 3.19. The van der Waals surface area contributed by atoms with E-state index in [1.165, 1.54) is 30.3 Å². The lowest BCUT2D eigenvalue weighted by Gasteiger charge is -2.12. The summed E-state index contributed by atoms with van der Waals surface area (Å²) in [6, 6.07) is 9.91. The number of hydrogen-bond acceptors (Lipinski definition) is 8. The number of carbonyl (C=O) groups is 1. The van der Waals surface area contributed by atoms with Crippen molar-refractivity contribution in [1.82, 2.24) is 9.78 Å². The number of carbonyl (C=O) groups excluding carboxylic acids is 1. The molecule has 1 amide bonds. The first-order chi connectivity index (χ1) is 16.3. The van der Waals surface area contributed by atoms with Crippen LogP contribution in [0.4, 0.5) is 5.69 Å². The first-order valence-electron chi connectivity index (χ1n) is 9.83. The van der Waals surface area contributed by atoms with Gasteiger partial charge in [-0.1, -0.05) is 0 Å². The third-order valence-electron chi connectivity index (χ3n) is 5.19. The summed E-state index contributed by atoms with van der Waals surface area (Å²) in [4.78, 5) is 12.4. The molecule has 12 nitrogen and oxygen atoms in total. The number of rotatable bonds is 5. The number of aromatic hydroxyl groups is 1. The van der Waals surface area contributed by atoms with Crippen molar-refractivity contribution in [3.63, 3.8) is 0 Å². The minimum Gasteiger partial charge on any atom is -0.493 e. The van der Waals surface area contributed by atoms with Gasteiger partial charge >= 0.3 is 0 Å². The Morgan fingerprint density at radius 3 is 1.80 bits per heavy atom. The Hall–Kier alpha value is -3.85. The summed E-state index contributed by atoms with van der Waals surface area (Å²) in [5.74, 6) is -0.850. The molecule has 2 aromatic carbocycles. The number of anilines is 1. The summed E-state index contributed by atoms with van der Waals surface area (Å²) in [5.41, 5.74) is 1.66. The van der Waals surface area contributed by atoms with Gasteiger partial charge in [-0.15, -0.1) is 0 Å². The van der Waals surface area contributed by atoms with Crippen molar-refractivity contribution in [2.45, 2.75) is 23.6 Å². The number of benzene rings is 2. The lowest BCUT2D eigenvalue weighted by atomic mass is 10.1. The van der Waals surface area contributed by atoms with Gasteiger partial charge in [-0.2, -0.15) is 32.0 Å². The summed E-state index contributed by atoms with van der Waals surface area (Å²) in [5, 5.41) is 20.2. The maximum absolute atomic E-state index is 13.0. The molecule has 4 rings (SSSR count). The average Bonchev–Trinajstić information content (AvgIpc) is 3.23. The summed E-state index contributed by atoms with van der Waals surface area (Å²) in [6.07, 6.45) is 1.41. The first-order valence-corrected chi connectivity index (χ1v) is 12.7. The molecule has 0 spiro atoms. The molecule has 0 unspecified atom stereocenters. The van der Waals surface area contributed by atoms with Crippen LogP contribution in [-0.2, 0) is 25.0 Å². The van der Waals surface area contributed by atoms with Crippen LogP contribution in [0, 0.1) is 6.92 Å². The molecule has 182 valence electrons. The molecule has 1 aliphatic heterocycles. The largest absolute Gasteiger partial charge is 0.493 e. The molecule has 14 heteroatoms. The van der Waals surface area contributed by atoms with Gasteiger partial charge in [-0.3, -0.25) is 13.9 Å².